The number of carbonyl (C=O) groups is 1. The maximum Gasteiger partial charge on any atom is 0.315 e. The van der Waals surface area contributed by atoms with E-state index in [1.54, 1.807) is 42.7 Å². The Kier molecular flexibility index (Phi) is 5.63. The number of aryl methyl sites for hydroxylation is 1. The summed E-state index contributed by atoms with van der Waals surface area (Å²) in [5, 5.41) is 5.56. The molecule has 1 saturated heterocycles. The van der Waals surface area contributed by atoms with Crippen molar-refractivity contribution in [3.63, 3.8) is 0 Å². The van der Waals surface area contributed by atoms with Crippen LogP contribution < -0.4 is 10.6 Å². The van der Waals surface area contributed by atoms with E-state index in [1.807, 2.05) is 6.92 Å². The Hall–Kier alpha value is -2.32. The second-order valence-electron chi connectivity index (χ2n) is 6.42. The Morgan fingerprint density at radius 1 is 1.27 bits per heavy atom. The van der Waals surface area contributed by atoms with Crippen LogP contribution in [0, 0.1) is 6.92 Å². The summed E-state index contributed by atoms with van der Waals surface area (Å²) in [6, 6.07) is 9.79. The highest BCUT2D eigenvalue weighted by Gasteiger charge is 2.30. The molecule has 2 N–H and O–H groups in total. The first kappa shape index (κ1) is 18.5. The van der Waals surface area contributed by atoms with E-state index in [0.717, 1.165) is 12.0 Å². The second-order valence-corrected chi connectivity index (χ2v) is 8.36. The highest BCUT2D eigenvalue weighted by molar-refractivity contribution is 7.89. The summed E-state index contributed by atoms with van der Waals surface area (Å²) in [7, 11) is -3.55. The Balaban J connectivity index is 1.58. The van der Waals surface area contributed by atoms with Gasteiger partial charge in [-0.25, -0.2) is 13.2 Å². The molecule has 7 nitrogen and oxygen atoms in total. The molecule has 0 saturated carbocycles. The fourth-order valence-electron chi connectivity index (χ4n) is 2.95. The molecular formula is C18H23N3O4S. The van der Waals surface area contributed by atoms with Gasteiger partial charge >= 0.3 is 6.03 Å². The summed E-state index contributed by atoms with van der Waals surface area (Å²) in [5.74, 6) is 0.660. The molecule has 8 heteroatoms. The molecule has 2 heterocycles. The van der Waals surface area contributed by atoms with Gasteiger partial charge < -0.3 is 15.1 Å². The second kappa shape index (κ2) is 7.92. The van der Waals surface area contributed by atoms with E-state index < -0.39 is 10.0 Å². The first-order valence-corrected chi connectivity index (χ1v) is 10.0. The molecule has 1 aliphatic heterocycles. The Morgan fingerprint density at radius 2 is 2.04 bits per heavy atom. The topological polar surface area (TPSA) is 91.7 Å². The van der Waals surface area contributed by atoms with Gasteiger partial charge in [0.15, 0.2) is 0 Å². The zero-order valence-electron chi connectivity index (χ0n) is 14.6. The number of hydrogen-bond donors (Lipinski definition) is 2. The predicted molar refractivity (Wildman–Crippen MR) is 97.0 cm³/mol. The van der Waals surface area contributed by atoms with Gasteiger partial charge in [0, 0.05) is 19.1 Å². The molecule has 140 valence electrons. The number of hydrogen-bond acceptors (Lipinski definition) is 4. The summed E-state index contributed by atoms with van der Waals surface area (Å²) in [6.45, 7) is 2.93. The molecule has 0 spiro atoms. The molecule has 2 amide bonds. The predicted octanol–water partition coefficient (Wildman–Crippen LogP) is 2.24. The van der Waals surface area contributed by atoms with Gasteiger partial charge in [0.25, 0.3) is 0 Å². The van der Waals surface area contributed by atoms with Crippen LogP contribution in [0.1, 0.15) is 24.2 Å². The summed E-state index contributed by atoms with van der Waals surface area (Å²) >= 11 is 0. The molecule has 1 fully saturated rings. The van der Waals surface area contributed by atoms with Gasteiger partial charge in [-0.15, -0.1) is 0 Å². The lowest BCUT2D eigenvalue weighted by molar-refractivity contribution is 0.224. The Morgan fingerprint density at radius 3 is 2.73 bits per heavy atom. The number of nitrogens with zero attached hydrogens (tertiary/aromatic N) is 1. The van der Waals surface area contributed by atoms with Crippen molar-refractivity contribution in [3.05, 3.63) is 54.0 Å². The summed E-state index contributed by atoms with van der Waals surface area (Å²) in [4.78, 5) is 12.3. The monoisotopic (exact) mass is 377 g/mol. The first-order valence-electron chi connectivity index (χ1n) is 8.59. The Labute approximate surface area is 153 Å². The van der Waals surface area contributed by atoms with Crippen molar-refractivity contribution in [2.45, 2.75) is 37.2 Å². The molecule has 0 aliphatic carbocycles. The maximum atomic E-state index is 12.8. The quantitative estimate of drug-likeness (QED) is 0.836. The molecular weight excluding hydrogens is 354 g/mol. The average molecular weight is 377 g/mol. The SMILES string of the molecule is Cc1ccc(S(=O)(=O)N2CCC[C@H](NC(=O)NCc3ccco3)C2)cc1. The lowest BCUT2D eigenvalue weighted by atomic mass is 10.1. The number of piperidine rings is 1. The number of benzene rings is 1. The number of amides is 2. The lowest BCUT2D eigenvalue weighted by Crippen LogP contribution is -2.51. The van der Waals surface area contributed by atoms with Gasteiger partial charge in [-0.1, -0.05) is 17.7 Å². The number of urea groups is 1. The fourth-order valence-corrected chi connectivity index (χ4v) is 4.48. The van der Waals surface area contributed by atoms with E-state index in [-0.39, 0.29) is 30.1 Å². The number of nitrogens with one attached hydrogen (secondary N) is 2. The van der Waals surface area contributed by atoms with Crippen LogP contribution in [0.25, 0.3) is 0 Å². The van der Waals surface area contributed by atoms with Gasteiger partial charge in [0.2, 0.25) is 10.0 Å². The van der Waals surface area contributed by atoms with E-state index in [2.05, 4.69) is 10.6 Å². The molecule has 0 radical (unpaired) electrons. The third-order valence-electron chi connectivity index (χ3n) is 4.38. The van der Waals surface area contributed by atoms with E-state index in [9.17, 15) is 13.2 Å². The van der Waals surface area contributed by atoms with E-state index >= 15 is 0 Å². The highest BCUT2D eigenvalue weighted by Crippen LogP contribution is 2.21. The van der Waals surface area contributed by atoms with Crippen LogP contribution in [0.2, 0.25) is 0 Å². The van der Waals surface area contributed by atoms with Crippen LogP contribution in [-0.2, 0) is 16.6 Å². The largest absolute Gasteiger partial charge is 0.467 e. The normalized spacial score (nSPS) is 18.4. The molecule has 3 rings (SSSR count). The molecule has 0 bridgehead atoms. The molecule has 1 atom stereocenters. The van der Waals surface area contributed by atoms with Crippen LogP contribution in [0.5, 0.6) is 0 Å². The number of carbonyl (C=O) groups excluding carboxylic acids is 1. The van der Waals surface area contributed by atoms with Crippen molar-refractivity contribution in [1.29, 1.82) is 0 Å². The smallest absolute Gasteiger partial charge is 0.315 e. The molecule has 26 heavy (non-hydrogen) atoms. The number of furan rings is 1. The highest BCUT2D eigenvalue weighted by atomic mass is 32.2. The molecule has 2 aromatic rings. The van der Waals surface area contributed by atoms with Crippen molar-refractivity contribution in [3.8, 4) is 0 Å². The van der Waals surface area contributed by atoms with Crippen molar-refractivity contribution in [2.24, 2.45) is 0 Å². The number of sulfonamides is 1. The third-order valence-corrected chi connectivity index (χ3v) is 6.26. The van der Waals surface area contributed by atoms with E-state index in [4.69, 9.17) is 4.42 Å². The molecule has 1 aromatic carbocycles. The zero-order valence-corrected chi connectivity index (χ0v) is 15.5. The molecule has 1 aromatic heterocycles. The standard InChI is InChI=1S/C18H23N3O4S/c1-14-6-8-17(9-7-14)26(23,24)21-10-2-4-15(13-21)20-18(22)19-12-16-5-3-11-25-16/h3,5-9,11,15H,2,4,10,12-13H2,1H3,(H2,19,20,22)/t15-/m0/s1. The van der Waals surface area contributed by atoms with E-state index in [1.165, 1.54) is 4.31 Å². The molecule has 1 aliphatic rings. The van der Waals surface area contributed by atoms with Crippen LogP contribution >= 0.6 is 0 Å². The summed E-state index contributed by atoms with van der Waals surface area (Å²) in [5.41, 5.74) is 1.01. The van der Waals surface area contributed by atoms with Gasteiger partial charge in [0.1, 0.15) is 5.76 Å². The minimum Gasteiger partial charge on any atom is -0.467 e. The van der Waals surface area contributed by atoms with Gasteiger partial charge in [-0.05, 0) is 44.0 Å². The minimum absolute atomic E-state index is 0.222. The zero-order chi connectivity index (χ0) is 18.6. The molecule has 0 unspecified atom stereocenters. The van der Waals surface area contributed by atoms with Gasteiger partial charge in [-0.2, -0.15) is 4.31 Å². The third kappa shape index (κ3) is 4.44. The maximum absolute atomic E-state index is 12.8. The summed E-state index contributed by atoms with van der Waals surface area (Å²) < 4.78 is 32.2. The fraction of sp³-hybridized carbons (Fsp3) is 0.389. The van der Waals surface area contributed by atoms with Gasteiger partial charge in [-0.3, -0.25) is 0 Å². The number of rotatable bonds is 5. The lowest BCUT2D eigenvalue weighted by Gasteiger charge is -2.32. The Bertz CT molecular complexity index is 832. The van der Waals surface area contributed by atoms with Gasteiger partial charge in [0.05, 0.1) is 17.7 Å². The van der Waals surface area contributed by atoms with Crippen LogP contribution in [0.15, 0.2) is 52.0 Å². The van der Waals surface area contributed by atoms with Crippen molar-refractivity contribution in [2.75, 3.05) is 13.1 Å². The summed E-state index contributed by atoms with van der Waals surface area (Å²) in [6.07, 6.45) is 2.99. The van der Waals surface area contributed by atoms with Crippen molar-refractivity contribution < 1.29 is 17.6 Å². The first-order chi connectivity index (χ1) is 12.4. The van der Waals surface area contributed by atoms with Crippen molar-refractivity contribution in [1.82, 2.24) is 14.9 Å². The minimum atomic E-state index is -3.55. The van der Waals surface area contributed by atoms with Crippen LogP contribution in [-0.4, -0.2) is 37.9 Å². The van der Waals surface area contributed by atoms with Crippen molar-refractivity contribution >= 4 is 16.1 Å². The van der Waals surface area contributed by atoms with Crippen LogP contribution in [0.3, 0.4) is 0 Å². The van der Waals surface area contributed by atoms with Crippen LogP contribution in [0.4, 0.5) is 4.79 Å². The average Bonchev–Trinajstić information content (AvgIpc) is 3.14. The van der Waals surface area contributed by atoms with E-state index in [0.29, 0.717) is 18.7 Å².